The van der Waals surface area contributed by atoms with Crippen molar-refractivity contribution in [2.75, 3.05) is 13.2 Å². The number of rotatable bonds is 4. The smallest absolute Gasteiger partial charge is 0.490 e. The maximum absolute atomic E-state index is 11.6. The maximum atomic E-state index is 11.6. The van der Waals surface area contributed by atoms with E-state index in [9.17, 15) is 13.2 Å². The quantitative estimate of drug-likeness (QED) is 0.623. The van der Waals surface area contributed by atoms with Crippen molar-refractivity contribution in [3.05, 3.63) is 27.8 Å². The average Bonchev–Trinajstić information content (AvgIpc) is 2.13. The van der Waals surface area contributed by atoms with E-state index in [2.05, 4.69) is 4.74 Å². The SMILES string of the molecule is FC(F)(F)OCCOc1ccccc1I. The van der Waals surface area contributed by atoms with Gasteiger partial charge in [-0.05, 0) is 34.7 Å². The molecule has 1 aromatic carbocycles. The van der Waals surface area contributed by atoms with E-state index in [1.54, 1.807) is 18.2 Å². The summed E-state index contributed by atoms with van der Waals surface area (Å²) in [5.41, 5.74) is 0. The molecule has 15 heavy (non-hydrogen) atoms. The first-order valence-electron chi connectivity index (χ1n) is 4.07. The summed E-state index contributed by atoms with van der Waals surface area (Å²) >= 11 is 2.04. The van der Waals surface area contributed by atoms with Crippen molar-refractivity contribution >= 4 is 22.6 Å². The number of para-hydroxylation sites is 1. The van der Waals surface area contributed by atoms with Crippen molar-refractivity contribution in [1.82, 2.24) is 0 Å². The van der Waals surface area contributed by atoms with Gasteiger partial charge in [-0.2, -0.15) is 0 Å². The highest BCUT2D eigenvalue weighted by molar-refractivity contribution is 14.1. The molecule has 0 amide bonds. The average molecular weight is 332 g/mol. The molecule has 0 spiro atoms. The largest absolute Gasteiger partial charge is 0.522 e. The highest BCUT2D eigenvalue weighted by Gasteiger charge is 2.28. The fourth-order valence-corrected chi connectivity index (χ4v) is 1.41. The molecule has 0 saturated heterocycles. The number of halogens is 4. The Bertz CT molecular complexity index is 314. The number of hydrogen-bond acceptors (Lipinski definition) is 2. The zero-order valence-corrected chi connectivity index (χ0v) is 9.71. The van der Waals surface area contributed by atoms with Gasteiger partial charge in [-0.1, -0.05) is 12.1 Å². The molecular formula is C9H8F3IO2. The summed E-state index contributed by atoms with van der Waals surface area (Å²) in [4.78, 5) is 0. The van der Waals surface area contributed by atoms with Crippen LogP contribution in [0.5, 0.6) is 5.75 Å². The molecule has 0 heterocycles. The van der Waals surface area contributed by atoms with Gasteiger partial charge in [-0.25, -0.2) is 0 Å². The van der Waals surface area contributed by atoms with Crippen LogP contribution in [0.1, 0.15) is 0 Å². The van der Waals surface area contributed by atoms with Crippen molar-refractivity contribution in [3.8, 4) is 5.75 Å². The molecule has 6 heteroatoms. The molecule has 0 aliphatic carbocycles. The van der Waals surface area contributed by atoms with Crippen molar-refractivity contribution in [2.45, 2.75) is 6.36 Å². The van der Waals surface area contributed by atoms with Crippen molar-refractivity contribution in [1.29, 1.82) is 0 Å². The molecule has 0 aliphatic heterocycles. The molecule has 0 radical (unpaired) electrons. The van der Waals surface area contributed by atoms with Gasteiger partial charge < -0.3 is 4.74 Å². The first-order chi connectivity index (χ1) is 6.99. The molecule has 0 unspecified atom stereocenters. The van der Waals surface area contributed by atoms with Gasteiger partial charge in [0.25, 0.3) is 0 Å². The molecule has 2 nitrogen and oxygen atoms in total. The van der Waals surface area contributed by atoms with Gasteiger partial charge in [0.1, 0.15) is 12.4 Å². The molecule has 0 atom stereocenters. The number of ether oxygens (including phenoxy) is 2. The summed E-state index contributed by atoms with van der Waals surface area (Å²) in [7, 11) is 0. The highest BCUT2D eigenvalue weighted by Crippen LogP contribution is 2.20. The third kappa shape index (κ3) is 5.22. The summed E-state index contributed by atoms with van der Waals surface area (Å²) < 4.78 is 44.3. The van der Waals surface area contributed by atoms with E-state index in [1.807, 2.05) is 28.7 Å². The van der Waals surface area contributed by atoms with Crippen LogP contribution in [-0.4, -0.2) is 19.6 Å². The molecular weight excluding hydrogens is 324 g/mol. The molecule has 0 bridgehead atoms. The third-order valence-corrected chi connectivity index (χ3v) is 2.33. The Hall–Kier alpha value is -0.500. The van der Waals surface area contributed by atoms with Crippen LogP contribution in [0, 0.1) is 3.57 Å². The normalized spacial score (nSPS) is 11.5. The summed E-state index contributed by atoms with van der Waals surface area (Å²) in [6.45, 7) is -0.631. The van der Waals surface area contributed by atoms with Gasteiger partial charge in [0.15, 0.2) is 0 Å². The van der Waals surface area contributed by atoms with Crippen LogP contribution in [0.4, 0.5) is 13.2 Å². The van der Waals surface area contributed by atoms with Gasteiger partial charge in [-0.3, -0.25) is 4.74 Å². The second-order valence-corrected chi connectivity index (χ2v) is 3.74. The minimum absolute atomic E-state index is 0.125. The molecule has 1 rings (SSSR count). The van der Waals surface area contributed by atoms with E-state index < -0.39 is 13.0 Å². The van der Waals surface area contributed by atoms with Crippen molar-refractivity contribution in [2.24, 2.45) is 0 Å². The summed E-state index contributed by atoms with van der Waals surface area (Å²) in [5, 5.41) is 0. The summed E-state index contributed by atoms with van der Waals surface area (Å²) in [6, 6.07) is 7.07. The Morgan fingerprint density at radius 2 is 1.80 bits per heavy atom. The number of benzene rings is 1. The first-order valence-corrected chi connectivity index (χ1v) is 5.15. The Labute approximate surface area is 98.5 Å². The van der Waals surface area contributed by atoms with E-state index in [0.29, 0.717) is 5.75 Å². The topological polar surface area (TPSA) is 18.5 Å². The van der Waals surface area contributed by atoms with Gasteiger partial charge in [-0.15, -0.1) is 13.2 Å². The van der Waals surface area contributed by atoms with E-state index >= 15 is 0 Å². The lowest BCUT2D eigenvalue weighted by Gasteiger charge is -2.09. The standard InChI is InChI=1S/C9H8F3IO2/c10-9(11,12)15-6-5-14-8-4-2-1-3-7(8)13/h1-4H,5-6H2. The van der Waals surface area contributed by atoms with Gasteiger partial charge in [0, 0.05) is 0 Å². The predicted octanol–water partition coefficient (Wildman–Crippen LogP) is 3.21. The molecule has 0 N–H and O–H groups in total. The zero-order chi connectivity index (χ0) is 11.3. The van der Waals surface area contributed by atoms with E-state index in [-0.39, 0.29) is 6.61 Å². The van der Waals surface area contributed by atoms with Crippen LogP contribution >= 0.6 is 22.6 Å². The first kappa shape index (κ1) is 12.6. The minimum Gasteiger partial charge on any atom is -0.490 e. The van der Waals surface area contributed by atoms with E-state index in [4.69, 9.17) is 4.74 Å². The Kier molecular flexibility index (Phi) is 4.65. The van der Waals surface area contributed by atoms with Crippen LogP contribution in [0.2, 0.25) is 0 Å². The van der Waals surface area contributed by atoms with Gasteiger partial charge >= 0.3 is 6.36 Å². The Balaban J connectivity index is 2.30. The second-order valence-electron chi connectivity index (χ2n) is 2.57. The fraction of sp³-hybridized carbons (Fsp3) is 0.333. The second kappa shape index (κ2) is 5.55. The third-order valence-electron chi connectivity index (χ3n) is 1.44. The lowest BCUT2D eigenvalue weighted by Crippen LogP contribution is -2.18. The zero-order valence-electron chi connectivity index (χ0n) is 7.55. The molecule has 0 fully saturated rings. The molecule has 0 aliphatic rings. The summed E-state index contributed by atoms with van der Waals surface area (Å²) in [5.74, 6) is 0.559. The van der Waals surface area contributed by atoms with Crippen LogP contribution < -0.4 is 4.74 Å². The number of alkyl halides is 3. The van der Waals surface area contributed by atoms with Crippen LogP contribution in [0.3, 0.4) is 0 Å². The predicted molar refractivity (Wildman–Crippen MR) is 56.7 cm³/mol. The molecule has 0 aromatic heterocycles. The molecule has 0 saturated carbocycles. The van der Waals surface area contributed by atoms with Crippen LogP contribution in [0.25, 0.3) is 0 Å². The lowest BCUT2D eigenvalue weighted by molar-refractivity contribution is -0.325. The Morgan fingerprint density at radius 1 is 1.13 bits per heavy atom. The monoisotopic (exact) mass is 332 g/mol. The van der Waals surface area contributed by atoms with E-state index in [0.717, 1.165) is 3.57 Å². The van der Waals surface area contributed by atoms with Gasteiger partial charge in [0.05, 0.1) is 10.2 Å². The fourth-order valence-electron chi connectivity index (χ4n) is 0.871. The van der Waals surface area contributed by atoms with E-state index in [1.165, 1.54) is 0 Å². The molecule has 1 aromatic rings. The molecule has 84 valence electrons. The lowest BCUT2D eigenvalue weighted by atomic mass is 10.3. The van der Waals surface area contributed by atoms with Crippen molar-refractivity contribution in [3.63, 3.8) is 0 Å². The summed E-state index contributed by atoms with van der Waals surface area (Å²) in [6.07, 6.45) is -4.59. The minimum atomic E-state index is -4.59. The highest BCUT2D eigenvalue weighted by atomic mass is 127. The number of hydrogen-bond donors (Lipinski definition) is 0. The van der Waals surface area contributed by atoms with Gasteiger partial charge in [0.2, 0.25) is 0 Å². The van der Waals surface area contributed by atoms with Crippen LogP contribution in [0.15, 0.2) is 24.3 Å². The maximum Gasteiger partial charge on any atom is 0.522 e. The van der Waals surface area contributed by atoms with Crippen LogP contribution in [-0.2, 0) is 4.74 Å². The van der Waals surface area contributed by atoms with Crippen molar-refractivity contribution < 1.29 is 22.6 Å². The Morgan fingerprint density at radius 3 is 2.40 bits per heavy atom.